The van der Waals surface area contributed by atoms with Crippen LogP contribution in [0.1, 0.15) is 18.4 Å². The van der Waals surface area contributed by atoms with Crippen molar-refractivity contribution in [1.29, 1.82) is 0 Å². The Labute approximate surface area is 78.5 Å². The maximum atomic E-state index is 10.8. The van der Waals surface area contributed by atoms with Crippen LogP contribution < -0.4 is 0 Å². The van der Waals surface area contributed by atoms with Gasteiger partial charge in [0.15, 0.2) is 0 Å². The predicted octanol–water partition coefficient (Wildman–Crippen LogP) is 1.98. The average Bonchev–Trinajstić information content (AvgIpc) is 2.19. The molecule has 2 nitrogen and oxygen atoms in total. The van der Waals surface area contributed by atoms with Crippen LogP contribution in [-0.2, 0) is 16.0 Å². The Hall–Kier alpha value is -1.31. The number of carbonyl (C=O) groups excluding carboxylic acids is 1. The number of carbonyl (C=O) groups is 1. The minimum atomic E-state index is -0.137. The smallest absolute Gasteiger partial charge is 0.305 e. The Balaban J connectivity index is 2.24. The number of hydrogen-bond donors (Lipinski definition) is 0. The molecule has 0 saturated heterocycles. The van der Waals surface area contributed by atoms with Gasteiger partial charge in [-0.1, -0.05) is 24.3 Å². The number of hydrogen-bond acceptors (Lipinski definition) is 2. The lowest BCUT2D eigenvalue weighted by molar-refractivity contribution is -0.140. The zero-order valence-electron chi connectivity index (χ0n) is 7.75. The molecular formula is C11H13O2. The first-order valence-corrected chi connectivity index (χ1v) is 4.34. The van der Waals surface area contributed by atoms with Crippen molar-refractivity contribution in [1.82, 2.24) is 0 Å². The van der Waals surface area contributed by atoms with Crippen LogP contribution in [0.3, 0.4) is 0 Å². The van der Waals surface area contributed by atoms with Gasteiger partial charge >= 0.3 is 5.97 Å². The van der Waals surface area contributed by atoms with Crippen molar-refractivity contribution in [2.24, 2.45) is 0 Å². The Morgan fingerprint density at radius 2 is 2.15 bits per heavy atom. The number of rotatable bonds is 4. The molecule has 0 fully saturated rings. The van der Waals surface area contributed by atoms with Crippen LogP contribution in [0.15, 0.2) is 24.3 Å². The number of aryl methyl sites for hydroxylation is 1. The highest BCUT2D eigenvalue weighted by Gasteiger charge is 1.99. The maximum Gasteiger partial charge on any atom is 0.305 e. The zero-order valence-corrected chi connectivity index (χ0v) is 7.75. The molecule has 0 atom stereocenters. The van der Waals surface area contributed by atoms with E-state index in [2.05, 4.69) is 10.8 Å². The fraction of sp³-hybridized carbons (Fsp3) is 0.364. The van der Waals surface area contributed by atoms with Crippen molar-refractivity contribution in [3.05, 3.63) is 35.9 Å². The molecule has 13 heavy (non-hydrogen) atoms. The van der Waals surface area contributed by atoms with Gasteiger partial charge in [-0.2, -0.15) is 0 Å². The van der Waals surface area contributed by atoms with E-state index in [9.17, 15) is 4.79 Å². The topological polar surface area (TPSA) is 26.3 Å². The first kappa shape index (κ1) is 9.78. The van der Waals surface area contributed by atoms with Gasteiger partial charge in [0.2, 0.25) is 0 Å². The lowest BCUT2D eigenvalue weighted by Crippen LogP contribution is -2.00. The third kappa shape index (κ3) is 3.74. The summed E-state index contributed by atoms with van der Waals surface area (Å²) in [6, 6.07) is 10.7. The van der Waals surface area contributed by atoms with Crippen molar-refractivity contribution in [2.45, 2.75) is 19.3 Å². The lowest BCUT2D eigenvalue weighted by Gasteiger charge is -1.99. The molecule has 1 aromatic rings. The quantitative estimate of drug-likeness (QED) is 0.657. The Bertz CT molecular complexity index is 254. The summed E-state index contributed by atoms with van der Waals surface area (Å²) in [5.74, 6) is -0.137. The molecule has 0 N–H and O–H groups in total. The second kappa shape index (κ2) is 5.36. The van der Waals surface area contributed by atoms with Crippen LogP contribution in [0.25, 0.3) is 0 Å². The minimum absolute atomic E-state index is 0.137. The molecule has 2 heteroatoms. The van der Waals surface area contributed by atoms with Gasteiger partial charge in [-0.25, -0.2) is 0 Å². The summed E-state index contributed by atoms with van der Waals surface area (Å²) in [6.45, 7) is 0. The van der Waals surface area contributed by atoms with Gasteiger partial charge < -0.3 is 4.74 Å². The molecule has 0 aliphatic heterocycles. The molecule has 1 aromatic carbocycles. The first-order valence-electron chi connectivity index (χ1n) is 4.34. The molecule has 0 amide bonds. The van der Waals surface area contributed by atoms with E-state index in [4.69, 9.17) is 0 Å². The molecule has 0 spiro atoms. The standard InChI is InChI=1S/C11H13O2/c1-13-11(12)9-5-8-10-6-3-2-4-7-10/h3-4,6-7H,5,8-9H2,1H3. The van der Waals surface area contributed by atoms with Gasteiger partial charge in [0.25, 0.3) is 0 Å². The molecule has 0 aliphatic rings. The van der Waals surface area contributed by atoms with Crippen LogP contribution in [0.4, 0.5) is 0 Å². The summed E-state index contributed by atoms with van der Waals surface area (Å²) in [4.78, 5) is 10.8. The van der Waals surface area contributed by atoms with Crippen LogP contribution in [-0.4, -0.2) is 13.1 Å². The Morgan fingerprint density at radius 3 is 2.77 bits per heavy atom. The molecule has 0 bridgehead atoms. The van der Waals surface area contributed by atoms with Crippen LogP contribution in [0.2, 0.25) is 0 Å². The van der Waals surface area contributed by atoms with Crippen molar-refractivity contribution in [2.75, 3.05) is 7.11 Å². The van der Waals surface area contributed by atoms with Gasteiger partial charge in [-0.05, 0) is 24.5 Å². The van der Waals surface area contributed by atoms with Crippen molar-refractivity contribution in [3.63, 3.8) is 0 Å². The second-order valence-corrected chi connectivity index (χ2v) is 2.84. The third-order valence-electron chi connectivity index (χ3n) is 1.86. The Morgan fingerprint density at radius 1 is 1.46 bits per heavy atom. The van der Waals surface area contributed by atoms with Gasteiger partial charge in [-0.15, -0.1) is 0 Å². The summed E-state index contributed by atoms with van der Waals surface area (Å²) >= 11 is 0. The molecule has 0 aliphatic carbocycles. The van der Waals surface area contributed by atoms with Crippen LogP contribution in [0, 0.1) is 6.07 Å². The number of esters is 1. The van der Waals surface area contributed by atoms with Crippen LogP contribution >= 0.6 is 0 Å². The van der Waals surface area contributed by atoms with E-state index in [1.54, 1.807) is 0 Å². The van der Waals surface area contributed by atoms with E-state index < -0.39 is 0 Å². The molecular weight excluding hydrogens is 164 g/mol. The molecule has 69 valence electrons. The average molecular weight is 177 g/mol. The molecule has 0 saturated carbocycles. The van der Waals surface area contributed by atoms with Crippen molar-refractivity contribution >= 4 is 5.97 Å². The number of benzene rings is 1. The molecule has 1 rings (SSSR count). The second-order valence-electron chi connectivity index (χ2n) is 2.84. The van der Waals surface area contributed by atoms with E-state index in [-0.39, 0.29) is 5.97 Å². The number of methoxy groups -OCH3 is 1. The molecule has 0 heterocycles. The van der Waals surface area contributed by atoms with Gasteiger partial charge in [-0.3, -0.25) is 4.79 Å². The van der Waals surface area contributed by atoms with E-state index in [0.717, 1.165) is 12.8 Å². The van der Waals surface area contributed by atoms with Crippen molar-refractivity contribution in [3.8, 4) is 0 Å². The summed E-state index contributed by atoms with van der Waals surface area (Å²) in [6.07, 6.45) is 2.26. The van der Waals surface area contributed by atoms with Gasteiger partial charge in [0.1, 0.15) is 0 Å². The Kier molecular flexibility index (Phi) is 4.03. The monoisotopic (exact) mass is 177 g/mol. The zero-order chi connectivity index (χ0) is 9.52. The van der Waals surface area contributed by atoms with E-state index in [1.165, 1.54) is 12.7 Å². The van der Waals surface area contributed by atoms with E-state index >= 15 is 0 Å². The van der Waals surface area contributed by atoms with E-state index in [1.807, 2.05) is 24.3 Å². The summed E-state index contributed by atoms with van der Waals surface area (Å²) in [5.41, 5.74) is 1.24. The predicted molar refractivity (Wildman–Crippen MR) is 50.2 cm³/mol. The highest BCUT2D eigenvalue weighted by molar-refractivity contribution is 5.69. The number of ether oxygens (including phenoxy) is 1. The lowest BCUT2D eigenvalue weighted by atomic mass is 10.1. The largest absolute Gasteiger partial charge is 0.469 e. The highest BCUT2D eigenvalue weighted by atomic mass is 16.5. The van der Waals surface area contributed by atoms with Gasteiger partial charge in [0.05, 0.1) is 7.11 Å². The molecule has 0 unspecified atom stereocenters. The van der Waals surface area contributed by atoms with Gasteiger partial charge in [0, 0.05) is 6.42 Å². The summed E-state index contributed by atoms with van der Waals surface area (Å²) in [7, 11) is 1.42. The van der Waals surface area contributed by atoms with Crippen molar-refractivity contribution < 1.29 is 9.53 Å². The normalized spacial score (nSPS) is 9.62. The minimum Gasteiger partial charge on any atom is -0.469 e. The summed E-state index contributed by atoms with van der Waals surface area (Å²) in [5, 5.41) is 0. The fourth-order valence-electron chi connectivity index (χ4n) is 1.13. The molecule has 0 aromatic heterocycles. The maximum absolute atomic E-state index is 10.8. The highest BCUT2D eigenvalue weighted by Crippen LogP contribution is 2.04. The fourth-order valence-corrected chi connectivity index (χ4v) is 1.13. The first-order chi connectivity index (χ1) is 6.33. The van der Waals surface area contributed by atoms with E-state index in [0.29, 0.717) is 6.42 Å². The SMILES string of the molecule is COC(=O)CCCc1cc[c]cc1. The molecule has 1 radical (unpaired) electrons. The van der Waals surface area contributed by atoms with Crippen LogP contribution in [0.5, 0.6) is 0 Å². The summed E-state index contributed by atoms with van der Waals surface area (Å²) < 4.78 is 4.54. The third-order valence-corrected chi connectivity index (χ3v) is 1.86.